The number of ether oxygens (including phenoxy) is 1. The zero-order chi connectivity index (χ0) is 22.8. The SMILES string of the molecule is CCN(CC)CC(=O)N1CC2C(=NC(=O)NC2c2ccc(OC)c(Br)c2)c2ccccc21. The molecule has 0 fully saturated rings. The fourth-order valence-electron chi connectivity index (χ4n) is 4.44. The Hall–Kier alpha value is -2.71. The lowest BCUT2D eigenvalue weighted by atomic mass is 9.81. The number of carbonyl (C=O) groups is 2. The van der Waals surface area contributed by atoms with E-state index < -0.39 is 0 Å². The lowest BCUT2D eigenvalue weighted by Crippen LogP contribution is -2.53. The largest absolute Gasteiger partial charge is 0.496 e. The van der Waals surface area contributed by atoms with Crippen molar-refractivity contribution in [2.45, 2.75) is 19.9 Å². The van der Waals surface area contributed by atoms with Gasteiger partial charge in [0.15, 0.2) is 0 Å². The molecule has 1 N–H and O–H groups in total. The van der Waals surface area contributed by atoms with Crippen molar-refractivity contribution >= 4 is 39.3 Å². The minimum absolute atomic E-state index is 0.0479. The summed E-state index contributed by atoms with van der Waals surface area (Å²) < 4.78 is 6.16. The summed E-state index contributed by atoms with van der Waals surface area (Å²) >= 11 is 3.54. The van der Waals surface area contributed by atoms with Crippen molar-refractivity contribution in [2.24, 2.45) is 10.9 Å². The topological polar surface area (TPSA) is 74.2 Å². The number of rotatable bonds is 6. The van der Waals surface area contributed by atoms with Crippen LogP contribution in [0.3, 0.4) is 0 Å². The molecular weight excluding hydrogens is 472 g/mol. The van der Waals surface area contributed by atoms with E-state index in [-0.39, 0.29) is 23.9 Å². The van der Waals surface area contributed by atoms with E-state index in [0.29, 0.717) is 13.1 Å². The number of para-hydroxylation sites is 1. The van der Waals surface area contributed by atoms with E-state index in [0.717, 1.165) is 45.8 Å². The minimum atomic E-state index is -0.370. The van der Waals surface area contributed by atoms with E-state index in [1.807, 2.05) is 47.4 Å². The van der Waals surface area contributed by atoms with Crippen molar-refractivity contribution in [1.29, 1.82) is 0 Å². The first-order valence-electron chi connectivity index (χ1n) is 10.8. The number of methoxy groups -OCH3 is 1. The van der Waals surface area contributed by atoms with Crippen LogP contribution in [0.5, 0.6) is 5.75 Å². The van der Waals surface area contributed by atoms with Crippen LogP contribution in [0.1, 0.15) is 31.0 Å². The van der Waals surface area contributed by atoms with Gasteiger partial charge in [-0.1, -0.05) is 38.1 Å². The summed E-state index contributed by atoms with van der Waals surface area (Å²) in [5.41, 5.74) is 3.31. The number of hydrogen-bond acceptors (Lipinski definition) is 4. The molecule has 2 heterocycles. The van der Waals surface area contributed by atoms with Crippen LogP contribution in [0.25, 0.3) is 0 Å². The highest BCUT2D eigenvalue weighted by Crippen LogP contribution is 2.39. The average molecular weight is 499 g/mol. The molecule has 2 unspecified atom stereocenters. The number of amides is 3. The standard InChI is InChI=1S/C24H27BrN4O3/c1-4-28(5-2)14-21(30)29-13-17-22(15-10-11-20(32-3)18(25)12-15)26-24(31)27-23(17)16-8-6-7-9-19(16)29/h6-12,17,22H,4-5,13-14H2,1-3H3,(H,26,31). The maximum Gasteiger partial charge on any atom is 0.341 e. The lowest BCUT2D eigenvalue weighted by Gasteiger charge is -2.41. The number of nitrogens with one attached hydrogen (secondary N) is 1. The second kappa shape index (κ2) is 9.42. The Bertz CT molecular complexity index is 1070. The zero-order valence-corrected chi connectivity index (χ0v) is 20.1. The van der Waals surface area contributed by atoms with Crippen LogP contribution < -0.4 is 15.0 Å². The monoisotopic (exact) mass is 498 g/mol. The first-order chi connectivity index (χ1) is 15.5. The van der Waals surface area contributed by atoms with Crippen molar-refractivity contribution in [2.75, 3.05) is 38.2 Å². The summed E-state index contributed by atoms with van der Waals surface area (Å²) in [6.45, 7) is 6.54. The highest BCUT2D eigenvalue weighted by molar-refractivity contribution is 9.10. The second-order valence-corrected chi connectivity index (χ2v) is 8.76. The summed E-state index contributed by atoms with van der Waals surface area (Å²) in [5.74, 6) is 0.602. The molecule has 32 heavy (non-hydrogen) atoms. The van der Waals surface area contributed by atoms with Crippen LogP contribution in [0.15, 0.2) is 51.9 Å². The van der Waals surface area contributed by atoms with E-state index in [4.69, 9.17) is 4.74 Å². The van der Waals surface area contributed by atoms with Crippen LogP contribution in [-0.4, -0.2) is 55.8 Å². The molecular formula is C24H27BrN4O3. The summed E-state index contributed by atoms with van der Waals surface area (Å²) in [4.78, 5) is 34.2. The Morgan fingerprint density at radius 2 is 2.00 bits per heavy atom. The molecule has 8 heteroatoms. The number of fused-ring (bicyclic) bond motifs is 3. The Morgan fingerprint density at radius 1 is 1.25 bits per heavy atom. The van der Waals surface area contributed by atoms with Gasteiger partial charge in [-0.3, -0.25) is 9.69 Å². The van der Waals surface area contributed by atoms with Gasteiger partial charge in [-0.2, -0.15) is 4.99 Å². The zero-order valence-electron chi connectivity index (χ0n) is 18.5. The van der Waals surface area contributed by atoms with Crippen molar-refractivity contribution in [3.05, 3.63) is 58.1 Å². The molecule has 3 amide bonds. The van der Waals surface area contributed by atoms with Gasteiger partial charge in [-0.15, -0.1) is 0 Å². The summed E-state index contributed by atoms with van der Waals surface area (Å²) in [6.07, 6.45) is 0. The number of urea groups is 1. The predicted molar refractivity (Wildman–Crippen MR) is 129 cm³/mol. The normalized spacial score (nSPS) is 19.7. The molecule has 7 nitrogen and oxygen atoms in total. The van der Waals surface area contributed by atoms with Crippen LogP contribution in [-0.2, 0) is 4.79 Å². The highest BCUT2D eigenvalue weighted by Gasteiger charge is 2.41. The number of aliphatic imine (C=N–C) groups is 1. The molecule has 0 saturated carbocycles. The molecule has 0 saturated heterocycles. The third-order valence-electron chi connectivity index (χ3n) is 6.19. The number of likely N-dealkylation sites (N-methyl/N-ethyl adjacent to an activating group) is 1. The third kappa shape index (κ3) is 4.17. The van der Waals surface area contributed by atoms with Crippen molar-refractivity contribution in [3.63, 3.8) is 0 Å². The molecule has 0 radical (unpaired) electrons. The van der Waals surface area contributed by atoms with Crippen molar-refractivity contribution in [1.82, 2.24) is 10.2 Å². The number of halogens is 1. The van der Waals surface area contributed by atoms with Gasteiger partial charge in [0.25, 0.3) is 0 Å². The maximum atomic E-state index is 13.3. The number of nitrogens with zero attached hydrogens (tertiary/aromatic N) is 3. The average Bonchev–Trinajstić information content (AvgIpc) is 2.81. The fourth-order valence-corrected chi connectivity index (χ4v) is 5.00. The van der Waals surface area contributed by atoms with E-state index >= 15 is 0 Å². The smallest absolute Gasteiger partial charge is 0.341 e. The molecule has 2 aliphatic heterocycles. The van der Waals surface area contributed by atoms with Crippen LogP contribution in [0.2, 0.25) is 0 Å². The Balaban J connectivity index is 1.75. The van der Waals surface area contributed by atoms with Crippen LogP contribution >= 0.6 is 15.9 Å². The number of anilines is 1. The number of carbonyl (C=O) groups excluding carboxylic acids is 2. The van der Waals surface area contributed by atoms with Gasteiger partial charge in [-0.25, -0.2) is 4.79 Å². The van der Waals surface area contributed by atoms with Gasteiger partial charge >= 0.3 is 6.03 Å². The maximum absolute atomic E-state index is 13.3. The van der Waals surface area contributed by atoms with E-state index in [2.05, 4.69) is 45.0 Å². The molecule has 2 aromatic carbocycles. The first kappa shape index (κ1) is 22.5. The molecule has 168 valence electrons. The summed E-state index contributed by atoms with van der Waals surface area (Å²) in [5, 5.41) is 3.01. The minimum Gasteiger partial charge on any atom is -0.496 e. The predicted octanol–water partition coefficient (Wildman–Crippen LogP) is 4.02. The molecule has 2 aromatic rings. The van der Waals surface area contributed by atoms with Gasteiger partial charge in [0.05, 0.1) is 35.6 Å². The Morgan fingerprint density at radius 3 is 2.69 bits per heavy atom. The molecule has 4 rings (SSSR count). The number of benzene rings is 2. The van der Waals surface area contributed by atoms with Gasteiger partial charge in [0, 0.05) is 18.0 Å². The molecule has 0 spiro atoms. The van der Waals surface area contributed by atoms with Crippen molar-refractivity contribution in [3.8, 4) is 5.75 Å². The van der Waals surface area contributed by atoms with E-state index in [1.54, 1.807) is 7.11 Å². The molecule has 0 aliphatic carbocycles. The van der Waals surface area contributed by atoms with Crippen LogP contribution in [0.4, 0.5) is 10.5 Å². The quantitative estimate of drug-likeness (QED) is 0.652. The summed E-state index contributed by atoms with van der Waals surface area (Å²) in [7, 11) is 1.62. The molecule has 0 bridgehead atoms. The summed E-state index contributed by atoms with van der Waals surface area (Å²) in [6, 6.07) is 12.8. The lowest BCUT2D eigenvalue weighted by molar-refractivity contribution is -0.119. The number of hydrogen-bond donors (Lipinski definition) is 1. The molecule has 2 aliphatic rings. The van der Waals surface area contributed by atoms with Crippen LogP contribution in [0, 0.1) is 5.92 Å². The van der Waals surface area contributed by atoms with Gasteiger partial charge < -0.3 is 15.0 Å². The molecule has 0 aromatic heterocycles. The Kier molecular flexibility index (Phi) is 6.62. The van der Waals surface area contributed by atoms with Gasteiger partial charge in [0.2, 0.25) is 5.91 Å². The molecule has 2 atom stereocenters. The second-order valence-electron chi connectivity index (χ2n) is 7.91. The van der Waals surface area contributed by atoms with E-state index in [1.165, 1.54) is 0 Å². The first-order valence-corrected chi connectivity index (χ1v) is 11.6. The Labute approximate surface area is 196 Å². The van der Waals surface area contributed by atoms with E-state index in [9.17, 15) is 9.59 Å². The fraction of sp³-hybridized carbons (Fsp3) is 0.375. The van der Waals surface area contributed by atoms with Gasteiger partial charge in [-0.05, 0) is 52.8 Å². The van der Waals surface area contributed by atoms with Crippen molar-refractivity contribution < 1.29 is 14.3 Å². The third-order valence-corrected chi connectivity index (χ3v) is 6.81. The highest BCUT2D eigenvalue weighted by atomic mass is 79.9. The van der Waals surface area contributed by atoms with Gasteiger partial charge in [0.1, 0.15) is 5.75 Å².